The minimum atomic E-state index is -3.81. The number of rotatable bonds is 8. The Bertz CT molecular complexity index is 869. The standard InChI is InChI=1S/C17H19FN2O5S/c1-25-15-4-2-3-12(17(15)22)11-19-16(21)9-10-20-26(23,24)14-7-5-13(18)6-8-14/h2-8,20,22H,9-11H2,1H3,(H,19,21). The maximum Gasteiger partial charge on any atom is 0.240 e. The van der Waals surface area contributed by atoms with E-state index in [0.717, 1.165) is 24.3 Å². The number of carbonyl (C=O) groups is 1. The Balaban J connectivity index is 1.83. The Morgan fingerprint density at radius 3 is 2.54 bits per heavy atom. The molecule has 0 spiro atoms. The van der Waals surface area contributed by atoms with Gasteiger partial charge in [0.2, 0.25) is 15.9 Å². The third-order valence-corrected chi connectivity index (χ3v) is 5.02. The molecule has 0 aliphatic heterocycles. The van der Waals surface area contributed by atoms with E-state index in [1.165, 1.54) is 7.11 Å². The molecule has 0 unspecified atom stereocenters. The highest BCUT2D eigenvalue weighted by Crippen LogP contribution is 2.29. The van der Waals surface area contributed by atoms with Crippen LogP contribution in [0.4, 0.5) is 4.39 Å². The molecule has 0 aliphatic carbocycles. The summed E-state index contributed by atoms with van der Waals surface area (Å²) in [6.45, 7) is -0.0395. The van der Waals surface area contributed by atoms with Crippen LogP contribution in [-0.2, 0) is 21.4 Å². The molecule has 9 heteroatoms. The van der Waals surface area contributed by atoms with E-state index in [-0.39, 0.29) is 30.2 Å². The van der Waals surface area contributed by atoms with Crippen molar-refractivity contribution in [3.63, 3.8) is 0 Å². The van der Waals surface area contributed by atoms with Crippen molar-refractivity contribution >= 4 is 15.9 Å². The third kappa shape index (κ3) is 5.17. The Labute approximate surface area is 150 Å². The SMILES string of the molecule is COc1cccc(CNC(=O)CCNS(=O)(=O)c2ccc(F)cc2)c1O. The first-order chi connectivity index (χ1) is 12.3. The zero-order valence-electron chi connectivity index (χ0n) is 14.0. The molecule has 7 nitrogen and oxygen atoms in total. The van der Waals surface area contributed by atoms with Crippen molar-refractivity contribution in [3.8, 4) is 11.5 Å². The number of para-hydroxylation sites is 1. The summed E-state index contributed by atoms with van der Waals surface area (Å²) in [6, 6.07) is 9.27. The lowest BCUT2D eigenvalue weighted by molar-refractivity contribution is -0.121. The Kier molecular flexibility index (Phi) is 6.53. The first-order valence-electron chi connectivity index (χ1n) is 7.70. The molecule has 2 aromatic carbocycles. The number of hydrogen-bond donors (Lipinski definition) is 3. The van der Waals surface area contributed by atoms with Crippen molar-refractivity contribution < 1.29 is 27.4 Å². The number of amides is 1. The summed E-state index contributed by atoms with van der Waals surface area (Å²) in [5.41, 5.74) is 0.476. The zero-order chi connectivity index (χ0) is 19.2. The number of methoxy groups -OCH3 is 1. The van der Waals surface area contributed by atoms with E-state index in [9.17, 15) is 22.7 Å². The lowest BCUT2D eigenvalue weighted by Gasteiger charge is -2.10. The summed E-state index contributed by atoms with van der Waals surface area (Å²) >= 11 is 0. The lowest BCUT2D eigenvalue weighted by atomic mass is 10.2. The minimum Gasteiger partial charge on any atom is -0.504 e. The van der Waals surface area contributed by atoms with E-state index < -0.39 is 21.7 Å². The monoisotopic (exact) mass is 382 g/mol. The number of phenols is 1. The van der Waals surface area contributed by atoms with Crippen molar-refractivity contribution in [3.05, 3.63) is 53.8 Å². The number of ether oxygens (including phenoxy) is 1. The number of hydrogen-bond acceptors (Lipinski definition) is 5. The van der Waals surface area contributed by atoms with Crippen molar-refractivity contribution in [1.29, 1.82) is 0 Å². The highest BCUT2D eigenvalue weighted by molar-refractivity contribution is 7.89. The van der Waals surface area contributed by atoms with Gasteiger partial charge in [0, 0.05) is 25.1 Å². The van der Waals surface area contributed by atoms with Gasteiger partial charge in [-0.05, 0) is 30.3 Å². The summed E-state index contributed by atoms with van der Waals surface area (Å²) in [5.74, 6) is -0.700. The molecule has 1 amide bonds. The van der Waals surface area contributed by atoms with Crippen LogP contribution < -0.4 is 14.8 Å². The lowest BCUT2D eigenvalue weighted by Crippen LogP contribution is -2.30. The van der Waals surface area contributed by atoms with Gasteiger partial charge >= 0.3 is 0 Å². The average molecular weight is 382 g/mol. The Morgan fingerprint density at radius 1 is 1.19 bits per heavy atom. The topological polar surface area (TPSA) is 105 Å². The van der Waals surface area contributed by atoms with E-state index in [4.69, 9.17) is 4.74 Å². The molecule has 0 atom stereocenters. The van der Waals surface area contributed by atoms with Crippen LogP contribution in [-0.4, -0.2) is 33.1 Å². The minimum absolute atomic E-state index is 0.0627. The second-order valence-corrected chi connectivity index (χ2v) is 7.11. The molecule has 0 saturated carbocycles. The molecule has 0 heterocycles. The first-order valence-corrected chi connectivity index (χ1v) is 9.18. The summed E-state index contributed by atoms with van der Waals surface area (Å²) in [6.07, 6.45) is -0.0921. The molecule has 0 aliphatic rings. The largest absolute Gasteiger partial charge is 0.504 e. The fraction of sp³-hybridized carbons (Fsp3) is 0.235. The van der Waals surface area contributed by atoms with Gasteiger partial charge in [0.1, 0.15) is 5.82 Å². The van der Waals surface area contributed by atoms with Crippen LogP contribution in [0.15, 0.2) is 47.4 Å². The number of nitrogens with one attached hydrogen (secondary N) is 2. The van der Waals surface area contributed by atoms with E-state index in [1.54, 1.807) is 18.2 Å². The van der Waals surface area contributed by atoms with Crippen LogP contribution in [0.1, 0.15) is 12.0 Å². The van der Waals surface area contributed by atoms with E-state index in [1.807, 2.05) is 0 Å². The normalized spacial score (nSPS) is 11.2. The van der Waals surface area contributed by atoms with Gasteiger partial charge in [-0.25, -0.2) is 17.5 Å². The molecule has 0 aromatic heterocycles. The fourth-order valence-electron chi connectivity index (χ4n) is 2.15. The average Bonchev–Trinajstić information content (AvgIpc) is 2.61. The number of carbonyl (C=O) groups excluding carboxylic acids is 1. The van der Waals surface area contributed by atoms with Crippen molar-refractivity contribution in [2.45, 2.75) is 17.9 Å². The van der Waals surface area contributed by atoms with Crippen LogP contribution in [0.2, 0.25) is 0 Å². The van der Waals surface area contributed by atoms with Gasteiger partial charge in [-0.1, -0.05) is 12.1 Å². The summed E-state index contributed by atoms with van der Waals surface area (Å²) in [7, 11) is -2.39. The molecule has 3 N–H and O–H groups in total. The van der Waals surface area contributed by atoms with Gasteiger partial charge in [0.05, 0.1) is 12.0 Å². The van der Waals surface area contributed by atoms with Crippen LogP contribution in [0, 0.1) is 5.82 Å². The number of aromatic hydroxyl groups is 1. The molecule has 2 rings (SSSR count). The zero-order valence-corrected chi connectivity index (χ0v) is 14.8. The summed E-state index contributed by atoms with van der Waals surface area (Å²) in [5, 5.41) is 12.5. The highest BCUT2D eigenvalue weighted by atomic mass is 32.2. The molecule has 0 bridgehead atoms. The Hall–Kier alpha value is -2.65. The Morgan fingerprint density at radius 2 is 1.88 bits per heavy atom. The van der Waals surface area contributed by atoms with Crippen LogP contribution in [0.25, 0.3) is 0 Å². The first kappa shape index (κ1) is 19.7. The van der Waals surface area contributed by atoms with Crippen molar-refractivity contribution in [2.75, 3.05) is 13.7 Å². The van der Waals surface area contributed by atoms with Crippen LogP contribution >= 0.6 is 0 Å². The smallest absolute Gasteiger partial charge is 0.240 e. The van der Waals surface area contributed by atoms with Gasteiger partial charge in [-0.15, -0.1) is 0 Å². The maximum absolute atomic E-state index is 12.8. The quantitative estimate of drug-likeness (QED) is 0.642. The highest BCUT2D eigenvalue weighted by Gasteiger charge is 2.14. The van der Waals surface area contributed by atoms with Crippen LogP contribution in [0.3, 0.4) is 0 Å². The fourth-order valence-corrected chi connectivity index (χ4v) is 3.19. The molecule has 0 saturated heterocycles. The van der Waals surface area contributed by atoms with Gasteiger partial charge < -0.3 is 15.2 Å². The molecule has 0 radical (unpaired) electrons. The van der Waals surface area contributed by atoms with E-state index in [0.29, 0.717) is 11.3 Å². The number of phenolic OH excluding ortho intramolecular Hbond substituents is 1. The molecular weight excluding hydrogens is 363 g/mol. The predicted octanol–water partition coefficient (Wildman–Crippen LogP) is 1.52. The van der Waals surface area contributed by atoms with Gasteiger partial charge in [0.15, 0.2) is 11.5 Å². The second-order valence-electron chi connectivity index (χ2n) is 5.35. The molecule has 2 aromatic rings. The van der Waals surface area contributed by atoms with Gasteiger partial charge in [0.25, 0.3) is 0 Å². The second kappa shape index (κ2) is 8.63. The van der Waals surface area contributed by atoms with Crippen LogP contribution in [0.5, 0.6) is 11.5 Å². The summed E-state index contributed by atoms with van der Waals surface area (Å²) in [4.78, 5) is 11.8. The molecule has 140 valence electrons. The maximum atomic E-state index is 12.8. The van der Waals surface area contributed by atoms with Crippen molar-refractivity contribution in [2.24, 2.45) is 0 Å². The molecular formula is C17H19FN2O5S. The van der Waals surface area contributed by atoms with Gasteiger partial charge in [-0.2, -0.15) is 0 Å². The molecule has 26 heavy (non-hydrogen) atoms. The van der Waals surface area contributed by atoms with E-state index >= 15 is 0 Å². The van der Waals surface area contributed by atoms with Gasteiger partial charge in [-0.3, -0.25) is 4.79 Å². The number of halogens is 1. The third-order valence-electron chi connectivity index (χ3n) is 3.55. The number of benzene rings is 2. The summed E-state index contributed by atoms with van der Waals surface area (Å²) < 4.78 is 44.1. The number of sulfonamides is 1. The van der Waals surface area contributed by atoms with Crippen molar-refractivity contribution in [1.82, 2.24) is 10.0 Å². The van der Waals surface area contributed by atoms with E-state index in [2.05, 4.69) is 10.0 Å². The molecule has 0 fully saturated rings. The predicted molar refractivity (Wildman–Crippen MR) is 92.7 cm³/mol.